The van der Waals surface area contributed by atoms with Crippen molar-refractivity contribution in [3.8, 4) is 0 Å². The Bertz CT molecular complexity index is 957. The molecule has 188 valence electrons. The predicted octanol–water partition coefficient (Wildman–Crippen LogP) is 3.71. The second kappa shape index (κ2) is 7.18. The van der Waals surface area contributed by atoms with Crippen LogP contribution in [-0.2, 0) is 14.3 Å². The van der Waals surface area contributed by atoms with Crippen molar-refractivity contribution in [2.45, 2.75) is 102 Å². The van der Waals surface area contributed by atoms with Crippen molar-refractivity contribution in [1.29, 1.82) is 0 Å². The van der Waals surface area contributed by atoms with E-state index in [0.29, 0.717) is 12.3 Å². The number of aliphatic hydroxyl groups excluding tert-OH is 2. The van der Waals surface area contributed by atoms with Gasteiger partial charge < -0.3 is 24.8 Å². The summed E-state index contributed by atoms with van der Waals surface area (Å²) in [7, 11) is 0. The average Bonchev–Trinajstić information content (AvgIpc) is 3.68. The van der Waals surface area contributed by atoms with Gasteiger partial charge in [0.1, 0.15) is 30.0 Å². The number of aliphatic carboxylic acids is 1. The van der Waals surface area contributed by atoms with Crippen molar-refractivity contribution in [3.63, 3.8) is 0 Å². The van der Waals surface area contributed by atoms with Crippen LogP contribution in [0.3, 0.4) is 0 Å². The summed E-state index contributed by atoms with van der Waals surface area (Å²) in [6.45, 7) is 12.9. The monoisotopic (exact) mass is 472 g/mol. The maximum absolute atomic E-state index is 12.4. The van der Waals surface area contributed by atoms with E-state index in [-0.39, 0.29) is 52.8 Å². The molecular weight excluding hydrogens is 432 g/mol. The zero-order chi connectivity index (χ0) is 24.4. The molecule has 0 bridgehead atoms. The summed E-state index contributed by atoms with van der Waals surface area (Å²) < 4.78 is 12.1. The van der Waals surface area contributed by atoms with E-state index in [1.165, 1.54) is 5.57 Å². The maximum atomic E-state index is 12.4. The molecule has 6 heteroatoms. The highest BCUT2D eigenvalue weighted by Crippen LogP contribution is 2.75. The van der Waals surface area contributed by atoms with Crippen LogP contribution >= 0.6 is 0 Å². The van der Waals surface area contributed by atoms with E-state index in [2.05, 4.69) is 34.3 Å². The lowest BCUT2D eigenvalue weighted by Crippen LogP contribution is -2.63. The zero-order valence-corrected chi connectivity index (χ0v) is 20.9. The smallest absolute Gasteiger partial charge is 0.306 e. The lowest BCUT2D eigenvalue weighted by molar-refractivity contribution is -0.146. The Balaban J connectivity index is 1.30. The lowest BCUT2D eigenvalue weighted by Gasteiger charge is -2.56. The van der Waals surface area contributed by atoms with Crippen molar-refractivity contribution >= 4 is 5.97 Å². The Labute approximate surface area is 202 Å². The number of hydrogen-bond donors (Lipinski definition) is 3. The number of carboxylic acids is 1. The van der Waals surface area contributed by atoms with E-state index in [0.717, 1.165) is 37.7 Å². The van der Waals surface area contributed by atoms with Gasteiger partial charge in [-0.1, -0.05) is 51.5 Å². The molecule has 12 atom stereocenters. The highest BCUT2D eigenvalue weighted by molar-refractivity contribution is 5.70. The molecule has 6 nitrogen and oxygen atoms in total. The summed E-state index contributed by atoms with van der Waals surface area (Å²) in [6.07, 6.45) is 5.19. The van der Waals surface area contributed by atoms with Crippen molar-refractivity contribution in [1.82, 2.24) is 0 Å². The first-order chi connectivity index (χ1) is 16.0. The number of aliphatic hydroxyl groups is 2. The normalized spacial score (nSPS) is 53.0. The lowest BCUT2D eigenvalue weighted by atomic mass is 9.46. The van der Waals surface area contributed by atoms with Crippen LogP contribution < -0.4 is 0 Å². The fraction of sp³-hybridized carbons (Fsp3) is 0.821. The topological polar surface area (TPSA) is 103 Å². The minimum absolute atomic E-state index is 0.0834. The molecule has 3 N–H and O–H groups in total. The summed E-state index contributed by atoms with van der Waals surface area (Å²) in [5.74, 6) is -0.0369. The van der Waals surface area contributed by atoms with Crippen molar-refractivity contribution in [3.05, 3.63) is 23.8 Å². The van der Waals surface area contributed by atoms with E-state index < -0.39 is 23.8 Å². The van der Waals surface area contributed by atoms with Gasteiger partial charge in [0.15, 0.2) is 0 Å². The van der Waals surface area contributed by atoms with E-state index >= 15 is 0 Å². The average molecular weight is 473 g/mol. The van der Waals surface area contributed by atoms with Gasteiger partial charge in [-0.2, -0.15) is 0 Å². The highest BCUT2D eigenvalue weighted by atomic mass is 16.7. The van der Waals surface area contributed by atoms with Gasteiger partial charge in [-0.05, 0) is 67.6 Å². The van der Waals surface area contributed by atoms with Gasteiger partial charge in [0.05, 0.1) is 12.0 Å². The van der Waals surface area contributed by atoms with E-state index in [9.17, 15) is 20.1 Å². The first-order valence-corrected chi connectivity index (χ1v) is 13.3. The minimum Gasteiger partial charge on any atom is -0.481 e. The third kappa shape index (κ3) is 2.69. The maximum Gasteiger partial charge on any atom is 0.306 e. The molecule has 0 amide bonds. The summed E-state index contributed by atoms with van der Waals surface area (Å²) in [5.41, 5.74) is 1.24. The molecule has 0 aromatic rings. The molecule has 2 saturated heterocycles. The number of fused-ring (bicyclic) bond motifs is 6. The largest absolute Gasteiger partial charge is 0.481 e. The summed E-state index contributed by atoms with van der Waals surface area (Å²) in [5, 5.41) is 32.2. The number of ether oxygens (including phenoxy) is 2. The van der Waals surface area contributed by atoms with Gasteiger partial charge in [-0.15, -0.1) is 0 Å². The number of rotatable bonds is 6. The molecule has 3 saturated carbocycles. The van der Waals surface area contributed by atoms with Gasteiger partial charge >= 0.3 is 5.97 Å². The summed E-state index contributed by atoms with van der Waals surface area (Å²) >= 11 is 0. The minimum atomic E-state index is -0.764. The van der Waals surface area contributed by atoms with Crippen molar-refractivity contribution in [2.75, 3.05) is 0 Å². The molecule has 0 aromatic heterocycles. The SMILES string of the molecule is C=C(CC[C@@H](C(=O)O)[C@H]1CC[C@H]2C3=C[C@@H](O)[C@@]45O[C@@H]4[C@H](O)[C@@H]4O[C@@H]4[C@]5(C)[C@H]3CC[C@]12C)C(C)C. The van der Waals surface area contributed by atoms with E-state index in [4.69, 9.17) is 9.47 Å². The second-order valence-corrected chi connectivity index (χ2v) is 12.9. The Kier molecular flexibility index (Phi) is 4.90. The predicted molar refractivity (Wildman–Crippen MR) is 126 cm³/mol. The summed E-state index contributed by atoms with van der Waals surface area (Å²) in [4.78, 5) is 12.4. The number of carboxylic acid groups (broad SMARTS) is 1. The van der Waals surface area contributed by atoms with Crippen LogP contribution in [0.15, 0.2) is 23.8 Å². The molecule has 2 heterocycles. The van der Waals surface area contributed by atoms with Crippen molar-refractivity contribution < 1.29 is 29.6 Å². The van der Waals surface area contributed by atoms with Gasteiger partial charge in [-0.3, -0.25) is 4.79 Å². The van der Waals surface area contributed by atoms with Crippen molar-refractivity contribution in [2.24, 2.45) is 40.4 Å². The first kappa shape index (κ1) is 23.2. The molecule has 5 fully saturated rings. The Hall–Kier alpha value is -1.21. The fourth-order valence-electron chi connectivity index (χ4n) is 9.23. The van der Waals surface area contributed by atoms with Crippen LogP contribution in [0.1, 0.15) is 66.2 Å². The Morgan fingerprint density at radius 3 is 2.59 bits per heavy atom. The van der Waals surface area contributed by atoms with Crippen LogP contribution in [0.25, 0.3) is 0 Å². The molecule has 2 aliphatic heterocycles. The number of hydrogen-bond acceptors (Lipinski definition) is 5. The highest BCUT2D eigenvalue weighted by Gasteiger charge is 2.86. The third-order valence-corrected chi connectivity index (χ3v) is 11.4. The molecule has 4 aliphatic carbocycles. The molecule has 0 radical (unpaired) electrons. The quantitative estimate of drug-likeness (QED) is 0.402. The first-order valence-electron chi connectivity index (χ1n) is 13.3. The third-order valence-electron chi connectivity index (χ3n) is 11.4. The molecule has 34 heavy (non-hydrogen) atoms. The second-order valence-electron chi connectivity index (χ2n) is 12.9. The van der Waals surface area contributed by atoms with Gasteiger partial charge in [-0.25, -0.2) is 0 Å². The molecule has 0 aromatic carbocycles. The van der Waals surface area contributed by atoms with Gasteiger partial charge in [0, 0.05) is 5.41 Å². The van der Waals surface area contributed by atoms with Gasteiger partial charge in [0.2, 0.25) is 0 Å². The number of epoxide rings is 2. The van der Waals surface area contributed by atoms with Gasteiger partial charge in [0.25, 0.3) is 0 Å². The Morgan fingerprint density at radius 2 is 1.91 bits per heavy atom. The molecule has 6 rings (SSSR count). The van der Waals surface area contributed by atoms with Crippen LogP contribution in [0.5, 0.6) is 0 Å². The Morgan fingerprint density at radius 1 is 1.18 bits per heavy atom. The molecule has 0 unspecified atom stereocenters. The molecule has 1 spiro atoms. The van der Waals surface area contributed by atoms with Crippen LogP contribution in [0, 0.1) is 40.4 Å². The fourth-order valence-corrected chi connectivity index (χ4v) is 9.23. The van der Waals surface area contributed by atoms with E-state index in [1.807, 2.05) is 6.08 Å². The van der Waals surface area contributed by atoms with Crippen LogP contribution in [-0.4, -0.2) is 57.4 Å². The van der Waals surface area contributed by atoms with Crippen LogP contribution in [0.4, 0.5) is 0 Å². The number of allylic oxidation sites excluding steroid dienone is 2. The standard InChI is InChI=1S/C28H40O6/c1-13(2)14(3)6-7-15(25(31)32)17-8-9-18-16-12-20(29)28-23(34-28)21(30)22-24(33-22)27(28,5)19(16)10-11-26(17,18)4/h12-13,15,17-24,29-30H,3,6-11H2,1-2,4-5H3,(H,31,32)/t15-,17-,18+,19+,20-,21-,22+,23-,24+,26-,27+,28-/m1/s1. The summed E-state index contributed by atoms with van der Waals surface area (Å²) in [6, 6.07) is 0. The number of carbonyl (C=O) groups is 1. The van der Waals surface area contributed by atoms with Crippen LogP contribution in [0.2, 0.25) is 0 Å². The zero-order valence-electron chi connectivity index (χ0n) is 20.9. The van der Waals surface area contributed by atoms with E-state index in [1.54, 1.807) is 0 Å². The molecule has 6 aliphatic rings. The molecular formula is C28H40O6.